The molecule has 15 heavy (non-hydrogen) atoms. The first kappa shape index (κ1) is 11.8. The molecule has 0 heterocycles. The van der Waals surface area contributed by atoms with Crippen molar-refractivity contribution in [2.75, 3.05) is 7.05 Å². The Morgan fingerprint density at radius 2 is 1.73 bits per heavy atom. The summed E-state index contributed by atoms with van der Waals surface area (Å²) in [7, 11) is 1.82. The second-order valence-corrected chi connectivity index (χ2v) is 3.94. The van der Waals surface area contributed by atoms with E-state index in [-0.39, 0.29) is 5.91 Å². The van der Waals surface area contributed by atoms with Crippen molar-refractivity contribution in [2.45, 2.75) is 33.2 Å². The topological polar surface area (TPSA) is 20.3 Å². The summed E-state index contributed by atoms with van der Waals surface area (Å²) in [6.07, 6.45) is 2.30. The Hall–Kier alpha value is -1.31. The largest absolute Gasteiger partial charge is 0.342 e. The van der Waals surface area contributed by atoms with Crippen LogP contribution in [-0.4, -0.2) is 17.9 Å². The highest BCUT2D eigenvalue weighted by atomic mass is 16.2. The van der Waals surface area contributed by atoms with Crippen LogP contribution in [0.1, 0.15) is 31.4 Å². The van der Waals surface area contributed by atoms with Gasteiger partial charge in [0.05, 0.1) is 0 Å². The molecule has 0 fully saturated rings. The third-order valence-corrected chi connectivity index (χ3v) is 2.52. The van der Waals surface area contributed by atoms with Gasteiger partial charge in [-0.2, -0.15) is 0 Å². The van der Waals surface area contributed by atoms with E-state index >= 15 is 0 Å². The number of hydrogen-bond donors (Lipinski definition) is 0. The lowest BCUT2D eigenvalue weighted by Gasteiger charge is -2.14. The summed E-state index contributed by atoms with van der Waals surface area (Å²) in [5.41, 5.74) is 2.55. The van der Waals surface area contributed by atoms with Gasteiger partial charge in [0.15, 0.2) is 0 Å². The maximum absolute atomic E-state index is 11.0. The zero-order chi connectivity index (χ0) is 11.3. The SMILES string of the molecule is CCCc1ccc(CN(C)C(C)=O)cc1. The van der Waals surface area contributed by atoms with Gasteiger partial charge >= 0.3 is 0 Å². The molecule has 0 aliphatic heterocycles. The van der Waals surface area contributed by atoms with Gasteiger partial charge in [-0.3, -0.25) is 4.79 Å². The molecule has 0 atom stereocenters. The molecule has 0 radical (unpaired) electrons. The average molecular weight is 205 g/mol. The molecule has 82 valence electrons. The van der Waals surface area contributed by atoms with Crippen molar-refractivity contribution >= 4 is 5.91 Å². The molecule has 1 aromatic rings. The van der Waals surface area contributed by atoms with Crippen LogP contribution in [0.15, 0.2) is 24.3 Å². The Bertz CT molecular complexity index is 316. The van der Waals surface area contributed by atoms with Crippen LogP contribution in [0.5, 0.6) is 0 Å². The maximum atomic E-state index is 11.0. The van der Waals surface area contributed by atoms with Crippen LogP contribution in [0.4, 0.5) is 0 Å². The van der Waals surface area contributed by atoms with Gasteiger partial charge in [-0.15, -0.1) is 0 Å². The summed E-state index contributed by atoms with van der Waals surface area (Å²) in [6, 6.07) is 8.49. The van der Waals surface area contributed by atoms with E-state index in [9.17, 15) is 4.79 Å². The molecule has 0 unspecified atom stereocenters. The number of benzene rings is 1. The van der Waals surface area contributed by atoms with E-state index in [2.05, 4.69) is 31.2 Å². The van der Waals surface area contributed by atoms with Crippen molar-refractivity contribution in [1.29, 1.82) is 0 Å². The van der Waals surface area contributed by atoms with Gasteiger partial charge in [-0.1, -0.05) is 37.6 Å². The first-order chi connectivity index (χ1) is 7.13. The van der Waals surface area contributed by atoms with Crippen LogP contribution in [0.25, 0.3) is 0 Å². The van der Waals surface area contributed by atoms with Gasteiger partial charge in [0.25, 0.3) is 0 Å². The summed E-state index contributed by atoms with van der Waals surface area (Å²) in [6.45, 7) is 4.46. The summed E-state index contributed by atoms with van der Waals surface area (Å²) in [4.78, 5) is 12.8. The maximum Gasteiger partial charge on any atom is 0.219 e. The van der Waals surface area contributed by atoms with Gasteiger partial charge in [-0.25, -0.2) is 0 Å². The fourth-order valence-electron chi connectivity index (χ4n) is 1.49. The lowest BCUT2D eigenvalue weighted by Crippen LogP contribution is -2.22. The highest BCUT2D eigenvalue weighted by Gasteiger charge is 2.02. The van der Waals surface area contributed by atoms with E-state index in [4.69, 9.17) is 0 Å². The van der Waals surface area contributed by atoms with E-state index in [1.54, 1.807) is 11.8 Å². The Morgan fingerprint density at radius 3 is 2.20 bits per heavy atom. The number of carbonyl (C=O) groups excluding carboxylic acids is 1. The molecule has 0 saturated heterocycles. The standard InChI is InChI=1S/C13H19NO/c1-4-5-12-6-8-13(9-7-12)10-14(3)11(2)15/h6-9H,4-5,10H2,1-3H3. The van der Waals surface area contributed by atoms with Crippen molar-refractivity contribution in [3.8, 4) is 0 Å². The van der Waals surface area contributed by atoms with Gasteiger partial charge in [0, 0.05) is 20.5 Å². The smallest absolute Gasteiger partial charge is 0.219 e. The summed E-state index contributed by atoms with van der Waals surface area (Å²) < 4.78 is 0. The molecule has 2 heteroatoms. The second-order valence-electron chi connectivity index (χ2n) is 3.94. The van der Waals surface area contributed by atoms with E-state index in [0.29, 0.717) is 6.54 Å². The Morgan fingerprint density at radius 1 is 1.20 bits per heavy atom. The number of aryl methyl sites for hydroxylation is 1. The molecule has 0 bridgehead atoms. The van der Waals surface area contributed by atoms with Crippen molar-refractivity contribution in [3.05, 3.63) is 35.4 Å². The number of nitrogens with zero attached hydrogens (tertiary/aromatic N) is 1. The van der Waals surface area contributed by atoms with Crippen molar-refractivity contribution < 1.29 is 4.79 Å². The minimum absolute atomic E-state index is 0.104. The Balaban J connectivity index is 2.60. The highest BCUT2D eigenvalue weighted by Crippen LogP contribution is 2.08. The number of carbonyl (C=O) groups is 1. The quantitative estimate of drug-likeness (QED) is 0.740. The fourth-order valence-corrected chi connectivity index (χ4v) is 1.49. The van der Waals surface area contributed by atoms with Crippen molar-refractivity contribution in [3.63, 3.8) is 0 Å². The van der Waals surface area contributed by atoms with E-state index in [0.717, 1.165) is 6.42 Å². The predicted molar refractivity (Wildman–Crippen MR) is 62.6 cm³/mol. The van der Waals surface area contributed by atoms with Gasteiger partial charge in [0.1, 0.15) is 0 Å². The van der Waals surface area contributed by atoms with E-state index in [1.165, 1.54) is 17.5 Å². The number of hydrogen-bond acceptors (Lipinski definition) is 1. The zero-order valence-corrected chi connectivity index (χ0v) is 9.79. The molecule has 0 saturated carbocycles. The first-order valence-corrected chi connectivity index (χ1v) is 5.43. The number of amides is 1. The van der Waals surface area contributed by atoms with Crippen LogP contribution in [-0.2, 0) is 17.8 Å². The highest BCUT2D eigenvalue weighted by molar-refractivity contribution is 5.72. The molecule has 0 aromatic heterocycles. The average Bonchev–Trinajstić information content (AvgIpc) is 2.21. The Labute approximate surface area is 91.9 Å². The molecule has 1 amide bonds. The lowest BCUT2D eigenvalue weighted by atomic mass is 10.1. The van der Waals surface area contributed by atoms with Crippen LogP contribution in [0.2, 0.25) is 0 Å². The van der Waals surface area contributed by atoms with Gasteiger partial charge < -0.3 is 4.90 Å². The molecule has 1 rings (SSSR count). The molecule has 0 N–H and O–H groups in total. The molecular weight excluding hydrogens is 186 g/mol. The minimum atomic E-state index is 0.104. The lowest BCUT2D eigenvalue weighted by molar-refractivity contribution is -0.128. The van der Waals surface area contributed by atoms with Crippen LogP contribution in [0.3, 0.4) is 0 Å². The molecule has 1 aromatic carbocycles. The second kappa shape index (κ2) is 5.54. The van der Waals surface area contributed by atoms with Gasteiger partial charge in [-0.05, 0) is 17.5 Å². The normalized spacial score (nSPS) is 10.1. The van der Waals surface area contributed by atoms with Gasteiger partial charge in [0.2, 0.25) is 5.91 Å². The van der Waals surface area contributed by atoms with Crippen molar-refractivity contribution in [1.82, 2.24) is 4.90 Å². The summed E-state index contributed by atoms with van der Waals surface area (Å²) in [5, 5.41) is 0. The van der Waals surface area contributed by atoms with Crippen LogP contribution in [0, 0.1) is 0 Å². The Kier molecular flexibility index (Phi) is 4.35. The van der Waals surface area contributed by atoms with Crippen LogP contribution >= 0.6 is 0 Å². The van der Waals surface area contributed by atoms with Crippen LogP contribution < -0.4 is 0 Å². The molecule has 2 nitrogen and oxygen atoms in total. The molecule has 0 spiro atoms. The van der Waals surface area contributed by atoms with E-state index < -0.39 is 0 Å². The monoisotopic (exact) mass is 205 g/mol. The minimum Gasteiger partial charge on any atom is -0.342 e. The third kappa shape index (κ3) is 3.74. The zero-order valence-electron chi connectivity index (χ0n) is 9.79. The molecule has 0 aliphatic carbocycles. The fraction of sp³-hybridized carbons (Fsp3) is 0.462. The number of rotatable bonds is 4. The predicted octanol–water partition coefficient (Wildman–Crippen LogP) is 2.62. The van der Waals surface area contributed by atoms with E-state index in [1.807, 2.05) is 7.05 Å². The summed E-state index contributed by atoms with van der Waals surface area (Å²) >= 11 is 0. The molecular formula is C13H19NO. The third-order valence-electron chi connectivity index (χ3n) is 2.52. The molecule has 0 aliphatic rings. The van der Waals surface area contributed by atoms with Crippen molar-refractivity contribution in [2.24, 2.45) is 0 Å². The first-order valence-electron chi connectivity index (χ1n) is 5.43. The summed E-state index contributed by atoms with van der Waals surface area (Å²) in [5.74, 6) is 0.104.